The summed E-state index contributed by atoms with van der Waals surface area (Å²) >= 11 is 0. The summed E-state index contributed by atoms with van der Waals surface area (Å²) in [5, 5.41) is 25.6. The molecule has 0 aromatic heterocycles. The first kappa shape index (κ1) is 30.1. The number of para-hydroxylation sites is 1. The van der Waals surface area contributed by atoms with Crippen molar-refractivity contribution in [3.05, 3.63) is 29.8 Å². The van der Waals surface area contributed by atoms with Gasteiger partial charge in [-0.3, -0.25) is 14.4 Å². The molecule has 1 aromatic carbocycles. The van der Waals surface area contributed by atoms with Crippen LogP contribution in [0.2, 0.25) is 0 Å². The second-order valence-corrected chi connectivity index (χ2v) is 11.7. The van der Waals surface area contributed by atoms with Crippen molar-refractivity contribution in [3.63, 3.8) is 0 Å². The van der Waals surface area contributed by atoms with Crippen molar-refractivity contribution in [2.75, 3.05) is 11.4 Å². The van der Waals surface area contributed by atoms with Crippen LogP contribution in [-0.2, 0) is 25.5 Å². The Labute approximate surface area is 218 Å². The highest BCUT2D eigenvalue weighted by Crippen LogP contribution is 2.33. The number of aliphatic hydroxyl groups excluding tert-OH is 1. The Balaban J connectivity index is 2.21. The minimum atomic E-state index is -1.16. The first-order valence-electron chi connectivity index (χ1n) is 12.6. The lowest BCUT2D eigenvalue weighted by Crippen LogP contribution is -2.50. The van der Waals surface area contributed by atoms with Crippen LogP contribution >= 0.6 is 0 Å². The predicted octanol–water partition coefficient (Wildman–Crippen LogP) is 2.86. The molecule has 10 nitrogen and oxygen atoms in total. The molecule has 0 aliphatic carbocycles. The molecule has 0 fully saturated rings. The van der Waals surface area contributed by atoms with E-state index in [4.69, 9.17) is 4.74 Å². The minimum Gasteiger partial charge on any atom is -0.481 e. The van der Waals surface area contributed by atoms with Gasteiger partial charge in [-0.05, 0) is 57.1 Å². The molecule has 3 amide bonds. The fraction of sp³-hybridized carbons (Fsp3) is 0.630. The van der Waals surface area contributed by atoms with E-state index in [1.165, 1.54) is 6.92 Å². The molecule has 0 radical (unpaired) electrons. The molecule has 1 aromatic rings. The molecule has 4 atom stereocenters. The van der Waals surface area contributed by atoms with Crippen molar-refractivity contribution in [1.82, 2.24) is 10.6 Å². The van der Waals surface area contributed by atoms with E-state index in [2.05, 4.69) is 10.6 Å². The van der Waals surface area contributed by atoms with Crippen LogP contribution in [-0.4, -0.2) is 64.9 Å². The second-order valence-electron chi connectivity index (χ2n) is 11.7. The summed E-state index contributed by atoms with van der Waals surface area (Å²) in [6.45, 7) is 10.7. The maximum Gasteiger partial charge on any atom is 0.407 e. The number of carboxylic acid groups (broad SMARTS) is 1. The molecule has 2 rings (SSSR count). The molecule has 1 heterocycles. The van der Waals surface area contributed by atoms with Gasteiger partial charge in [0.15, 0.2) is 0 Å². The molecule has 0 spiro atoms. The monoisotopic (exact) mass is 519 g/mol. The van der Waals surface area contributed by atoms with Crippen LogP contribution in [0.3, 0.4) is 0 Å². The van der Waals surface area contributed by atoms with Gasteiger partial charge in [0.2, 0.25) is 12.3 Å². The Morgan fingerprint density at radius 3 is 2.43 bits per heavy atom. The number of benzene rings is 1. The van der Waals surface area contributed by atoms with Gasteiger partial charge < -0.3 is 30.5 Å². The van der Waals surface area contributed by atoms with Crippen LogP contribution in [0.15, 0.2) is 24.3 Å². The van der Waals surface area contributed by atoms with Crippen LogP contribution in [0.4, 0.5) is 10.5 Å². The third-order valence-corrected chi connectivity index (χ3v) is 6.34. The van der Waals surface area contributed by atoms with Crippen molar-refractivity contribution >= 4 is 30.1 Å². The zero-order valence-corrected chi connectivity index (χ0v) is 22.6. The summed E-state index contributed by atoms with van der Waals surface area (Å²) in [5.41, 5.74) is 0.324. The first-order valence-corrected chi connectivity index (χ1v) is 12.6. The maximum atomic E-state index is 13.5. The van der Waals surface area contributed by atoms with E-state index in [9.17, 15) is 29.4 Å². The van der Waals surface area contributed by atoms with Gasteiger partial charge >= 0.3 is 12.1 Å². The van der Waals surface area contributed by atoms with E-state index < -0.39 is 41.1 Å². The van der Waals surface area contributed by atoms with Gasteiger partial charge in [0.25, 0.3) is 0 Å². The van der Waals surface area contributed by atoms with E-state index in [1.54, 1.807) is 25.7 Å². The van der Waals surface area contributed by atoms with Crippen molar-refractivity contribution in [1.29, 1.82) is 0 Å². The number of amides is 3. The number of rotatable bonds is 11. The average molecular weight is 520 g/mol. The maximum absolute atomic E-state index is 13.5. The topological polar surface area (TPSA) is 145 Å². The third-order valence-electron chi connectivity index (χ3n) is 6.34. The van der Waals surface area contributed by atoms with Gasteiger partial charge in [0, 0.05) is 18.7 Å². The summed E-state index contributed by atoms with van der Waals surface area (Å²) in [6, 6.07) is 6.51. The van der Waals surface area contributed by atoms with Gasteiger partial charge in [0.05, 0.1) is 24.1 Å². The number of carboxylic acids is 1. The lowest BCUT2D eigenvalue weighted by atomic mass is 9.79. The van der Waals surface area contributed by atoms with E-state index in [1.807, 2.05) is 38.1 Å². The first-order chi connectivity index (χ1) is 17.1. The lowest BCUT2D eigenvalue weighted by Gasteiger charge is -2.38. The molecule has 0 saturated carbocycles. The van der Waals surface area contributed by atoms with Crippen LogP contribution in [0, 0.1) is 11.3 Å². The number of hydrogen-bond acceptors (Lipinski definition) is 6. The molecule has 1 aliphatic heterocycles. The zero-order valence-electron chi connectivity index (χ0n) is 22.6. The molecule has 0 saturated heterocycles. The molecule has 0 bridgehead atoms. The number of hydrogen-bond donors (Lipinski definition) is 4. The van der Waals surface area contributed by atoms with Crippen molar-refractivity contribution in [3.8, 4) is 0 Å². The van der Waals surface area contributed by atoms with Crippen LogP contribution in [0.1, 0.15) is 66.4 Å². The number of carbonyl (C=O) groups is 4. The lowest BCUT2D eigenvalue weighted by molar-refractivity contribution is -0.142. The average Bonchev–Trinajstić information content (AvgIpc) is 2.76. The fourth-order valence-electron chi connectivity index (χ4n) is 4.58. The van der Waals surface area contributed by atoms with Crippen LogP contribution < -0.4 is 15.5 Å². The van der Waals surface area contributed by atoms with E-state index >= 15 is 0 Å². The number of anilines is 1. The molecule has 0 unspecified atom stereocenters. The normalized spacial score (nSPS) is 18.1. The number of ether oxygens (including phenoxy) is 1. The Bertz CT molecular complexity index is 973. The molecule has 10 heteroatoms. The summed E-state index contributed by atoms with van der Waals surface area (Å²) in [5.74, 6) is -2.03. The standard InChI is InChI=1S/C27H41N3O7/c1-17(24(34)35)11-22(32)20(29-25(36)37-26(2,3)4)13-27(5,6)14-23(33)30-15-19(28-16-31)12-18-9-7-8-10-21(18)30/h7-10,16-17,19-20,22,32H,11-15H2,1-6H3,(H,28,31)(H,29,36)(H,34,35)/t17-,19-,20+,22+/m1/s1. The summed E-state index contributed by atoms with van der Waals surface area (Å²) < 4.78 is 5.35. The highest BCUT2D eigenvalue weighted by atomic mass is 16.6. The number of nitrogens with zero attached hydrogens (tertiary/aromatic N) is 1. The van der Waals surface area contributed by atoms with E-state index in [0.717, 1.165) is 11.3 Å². The highest BCUT2D eigenvalue weighted by Gasteiger charge is 2.36. The summed E-state index contributed by atoms with van der Waals surface area (Å²) in [6.07, 6.45) is -0.396. The van der Waals surface area contributed by atoms with E-state index in [0.29, 0.717) is 19.4 Å². The Morgan fingerprint density at radius 1 is 1.19 bits per heavy atom. The largest absolute Gasteiger partial charge is 0.481 e. The number of aliphatic carboxylic acids is 1. The van der Waals surface area contributed by atoms with Gasteiger partial charge in [-0.25, -0.2) is 4.79 Å². The molecule has 4 N–H and O–H groups in total. The number of fused-ring (bicyclic) bond motifs is 1. The van der Waals surface area contributed by atoms with Gasteiger partial charge in [-0.1, -0.05) is 39.0 Å². The predicted molar refractivity (Wildman–Crippen MR) is 139 cm³/mol. The second kappa shape index (κ2) is 12.4. The molecule has 206 valence electrons. The number of nitrogens with one attached hydrogen (secondary N) is 2. The Kier molecular flexibility index (Phi) is 10.1. The van der Waals surface area contributed by atoms with Crippen molar-refractivity contribution < 1.29 is 34.1 Å². The zero-order chi connectivity index (χ0) is 28.0. The molecule has 1 aliphatic rings. The number of carbonyl (C=O) groups excluding carboxylic acids is 3. The van der Waals surface area contributed by atoms with Gasteiger partial charge in [0.1, 0.15) is 5.60 Å². The van der Waals surface area contributed by atoms with Crippen LogP contribution in [0.25, 0.3) is 0 Å². The summed E-state index contributed by atoms with van der Waals surface area (Å²) in [4.78, 5) is 50.1. The van der Waals surface area contributed by atoms with Crippen molar-refractivity contribution in [2.45, 2.75) is 91.0 Å². The highest BCUT2D eigenvalue weighted by molar-refractivity contribution is 5.95. The van der Waals surface area contributed by atoms with Gasteiger partial charge in [-0.2, -0.15) is 0 Å². The summed E-state index contributed by atoms with van der Waals surface area (Å²) in [7, 11) is 0. The minimum absolute atomic E-state index is 0.0711. The molecular formula is C27H41N3O7. The Morgan fingerprint density at radius 2 is 1.84 bits per heavy atom. The smallest absolute Gasteiger partial charge is 0.407 e. The number of aliphatic hydroxyl groups is 1. The third kappa shape index (κ3) is 9.35. The van der Waals surface area contributed by atoms with Crippen LogP contribution in [0.5, 0.6) is 0 Å². The number of alkyl carbamates (subject to hydrolysis) is 1. The van der Waals surface area contributed by atoms with E-state index in [-0.39, 0.29) is 31.2 Å². The SMILES string of the molecule is C[C@H](C[C@H](O)[C@H](CC(C)(C)CC(=O)N1C[C@H](NC=O)Cc2ccccc21)NC(=O)OC(C)(C)C)C(=O)O. The van der Waals surface area contributed by atoms with Gasteiger partial charge in [-0.15, -0.1) is 0 Å². The molecule has 37 heavy (non-hydrogen) atoms. The molecular weight excluding hydrogens is 478 g/mol. The fourth-order valence-corrected chi connectivity index (χ4v) is 4.58. The quantitative estimate of drug-likeness (QED) is 0.329. The Hall–Kier alpha value is -3.14. The van der Waals surface area contributed by atoms with Crippen molar-refractivity contribution in [2.24, 2.45) is 11.3 Å².